The number of hydrogen-bond acceptors (Lipinski definition) is 5. The van der Waals surface area contributed by atoms with Gasteiger partial charge >= 0.3 is 5.97 Å². The average Bonchev–Trinajstić information content (AvgIpc) is 2.88. The van der Waals surface area contributed by atoms with Crippen molar-refractivity contribution in [3.05, 3.63) is 63.6 Å². The highest BCUT2D eigenvalue weighted by atomic mass is 35.5. The summed E-state index contributed by atoms with van der Waals surface area (Å²) in [6, 6.07) is 11.2. The molecule has 0 bridgehead atoms. The highest BCUT2D eigenvalue weighted by molar-refractivity contribution is 6.34. The molecule has 1 heterocycles. The quantitative estimate of drug-likeness (QED) is 0.556. The van der Waals surface area contributed by atoms with E-state index in [1.54, 1.807) is 36.4 Å². The number of carbonyl (C=O) groups is 3. The summed E-state index contributed by atoms with van der Waals surface area (Å²) in [5, 5.41) is 0.733. The third kappa shape index (κ3) is 3.81. The number of benzene rings is 2. The van der Waals surface area contributed by atoms with Crippen LogP contribution in [0, 0.1) is 0 Å². The zero-order valence-electron chi connectivity index (χ0n) is 13.4. The Morgan fingerprint density at radius 3 is 2.31 bits per heavy atom. The topological polar surface area (TPSA) is 72.9 Å². The van der Waals surface area contributed by atoms with E-state index in [0.29, 0.717) is 21.2 Å². The van der Waals surface area contributed by atoms with Crippen molar-refractivity contribution in [2.75, 3.05) is 19.8 Å². The van der Waals surface area contributed by atoms with Crippen LogP contribution in [0.25, 0.3) is 0 Å². The minimum atomic E-state index is -0.655. The lowest BCUT2D eigenvalue weighted by molar-refractivity contribution is -0.146. The van der Waals surface area contributed by atoms with Crippen LogP contribution in [0.1, 0.15) is 20.7 Å². The van der Waals surface area contributed by atoms with E-state index in [-0.39, 0.29) is 25.5 Å². The summed E-state index contributed by atoms with van der Waals surface area (Å²) in [6.45, 7) is -0.533. The average molecular weight is 394 g/mol. The maximum atomic E-state index is 12.2. The first-order chi connectivity index (χ1) is 12.5. The van der Waals surface area contributed by atoms with Crippen LogP contribution in [-0.4, -0.2) is 42.4 Å². The van der Waals surface area contributed by atoms with Crippen LogP contribution in [-0.2, 0) is 9.53 Å². The highest BCUT2D eigenvalue weighted by Crippen LogP contribution is 2.27. The number of fused-ring (bicyclic) bond motifs is 1. The van der Waals surface area contributed by atoms with E-state index in [1.165, 1.54) is 6.07 Å². The summed E-state index contributed by atoms with van der Waals surface area (Å²) in [5.74, 6) is -1.19. The fraction of sp³-hybridized carbons (Fsp3) is 0.167. The fourth-order valence-electron chi connectivity index (χ4n) is 2.46. The molecule has 2 amide bonds. The van der Waals surface area contributed by atoms with Gasteiger partial charge in [0.05, 0.1) is 22.7 Å². The predicted octanol–water partition coefficient (Wildman–Crippen LogP) is 3.21. The molecule has 0 aromatic heterocycles. The first kappa shape index (κ1) is 18.2. The molecule has 0 N–H and O–H groups in total. The van der Waals surface area contributed by atoms with Crippen molar-refractivity contribution in [1.29, 1.82) is 0 Å². The van der Waals surface area contributed by atoms with Crippen LogP contribution in [0.5, 0.6) is 5.75 Å². The molecule has 0 aliphatic carbocycles. The first-order valence-electron chi connectivity index (χ1n) is 7.66. The molecule has 0 spiro atoms. The summed E-state index contributed by atoms with van der Waals surface area (Å²) in [6.07, 6.45) is 0. The van der Waals surface area contributed by atoms with Gasteiger partial charge in [0.25, 0.3) is 11.8 Å². The van der Waals surface area contributed by atoms with Gasteiger partial charge in [-0.15, -0.1) is 0 Å². The molecule has 8 heteroatoms. The number of imide groups is 1. The van der Waals surface area contributed by atoms with Crippen LogP contribution in [0.2, 0.25) is 10.0 Å². The molecular formula is C18H13Cl2NO5. The van der Waals surface area contributed by atoms with Gasteiger partial charge in [0.15, 0.2) is 6.61 Å². The molecule has 0 atom stereocenters. The van der Waals surface area contributed by atoms with E-state index in [2.05, 4.69) is 0 Å². The van der Waals surface area contributed by atoms with E-state index >= 15 is 0 Å². The van der Waals surface area contributed by atoms with Crippen molar-refractivity contribution in [2.24, 2.45) is 0 Å². The Bertz CT molecular complexity index is 849. The molecule has 1 aliphatic rings. The van der Waals surface area contributed by atoms with Gasteiger partial charge in [-0.25, -0.2) is 4.79 Å². The molecule has 26 heavy (non-hydrogen) atoms. The van der Waals surface area contributed by atoms with E-state index in [4.69, 9.17) is 32.7 Å². The van der Waals surface area contributed by atoms with Crippen LogP contribution >= 0.6 is 23.2 Å². The molecule has 3 rings (SSSR count). The number of rotatable bonds is 6. The largest absolute Gasteiger partial charge is 0.480 e. The summed E-state index contributed by atoms with van der Waals surface area (Å²) in [4.78, 5) is 37.2. The van der Waals surface area contributed by atoms with Crippen molar-refractivity contribution < 1.29 is 23.9 Å². The zero-order chi connectivity index (χ0) is 18.7. The minimum absolute atomic E-state index is 0.0317. The summed E-state index contributed by atoms with van der Waals surface area (Å²) < 4.78 is 10.3. The molecule has 1 aliphatic heterocycles. The van der Waals surface area contributed by atoms with Crippen LogP contribution in [0.15, 0.2) is 42.5 Å². The van der Waals surface area contributed by atoms with Gasteiger partial charge in [0.1, 0.15) is 12.4 Å². The highest BCUT2D eigenvalue weighted by Gasteiger charge is 2.34. The predicted molar refractivity (Wildman–Crippen MR) is 94.7 cm³/mol. The third-order valence-corrected chi connectivity index (χ3v) is 4.24. The third-order valence-electron chi connectivity index (χ3n) is 3.69. The second-order valence-corrected chi connectivity index (χ2v) is 6.24. The Labute approximate surface area is 159 Å². The molecule has 0 saturated heterocycles. The zero-order valence-corrected chi connectivity index (χ0v) is 14.9. The number of amides is 2. The Morgan fingerprint density at radius 1 is 1.00 bits per heavy atom. The van der Waals surface area contributed by atoms with Gasteiger partial charge in [-0.2, -0.15) is 0 Å². The van der Waals surface area contributed by atoms with Gasteiger partial charge in [0.2, 0.25) is 0 Å². The van der Waals surface area contributed by atoms with E-state index < -0.39 is 17.8 Å². The summed E-state index contributed by atoms with van der Waals surface area (Å²) in [7, 11) is 0. The normalized spacial score (nSPS) is 12.9. The Morgan fingerprint density at radius 2 is 1.65 bits per heavy atom. The number of ether oxygens (including phenoxy) is 2. The van der Waals surface area contributed by atoms with Gasteiger partial charge in [-0.1, -0.05) is 35.3 Å². The Hall–Kier alpha value is -2.57. The number of nitrogens with zero attached hydrogens (tertiary/aromatic N) is 1. The van der Waals surface area contributed by atoms with Crippen molar-refractivity contribution >= 4 is 41.0 Å². The van der Waals surface area contributed by atoms with Crippen molar-refractivity contribution in [2.45, 2.75) is 0 Å². The molecule has 2 aromatic carbocycles. The van der Waals surface area contributed by atoms with Crippen molar-refractivity contribution in [3.8, 4) is 5.75 Å². The first-order valence-corrected chi connectivity index (χ1v) is 8.41. The smallest absolute Gasteiger partial charge is 0.344 e. The van der Waals surface area contributed by atoms with Gasteiger partial charge in [-0.05, 0) is 24.3 Å². The van der Waals surface area contributed by atoms with Crippen molar-refractivity contribution in [3.63, 3.8) is 0 Å². The monoisotopic (exact) mass is 393 g/mol. The Kier molecular flexibility index (Phi) is 5.44. The van der Waals surface area contributed by atoms with Crippen molar-refractivity contribution in [1.82, 2.24) is 4.90 Å². The number of hydrogen-bond donors (Lipinski definition) is 0. The number of esters is 1. The van der Waals surface area contributed by atoms with Gasteiger partial charge < -0.3 is 9.47 Å². The molecule has 0 fully saturated rings. The lowest BCUT2D eigenvalue weighted by atomic mass is 10.1. The lowest BCUT2D eigenvalue weighted by Crippen LogP contribution is -2.33. The van der Waals surface area contributed by atoms with Crippen LogP contribution in [0.3, 0.4) is 0 Å². The fourth-order valence-corrected chi connectivity index (χ4v) is 2.79. The summed E-state index contributed by atoms with van der Waals surface area (Å²) in [5.41, 5.74) is 0.700. The summed E-state index contributed by atoms with van der Waals surface area (Å²) >= 11 is 11.8. The van der Waals surface area contributed by atoms with Crippen LogP contribution < -0.4 is 4.74 Å². The van der Waals surface area contributed by atoms with Gasteiger partial charge in [0, 0.05) is 11.1 Å². The second-order valence-electron chi connectivity index (χ2n) is 5.39. The minimum Gasteiger partial charge on any atom is -0.480 e. The second kappa shape index (κ2) is 7.76. The number of halogens is 2. The molecule has 0 radical (unpaired) electrons. The van der Waals surface area contributed by atoms with E-state index in [0.717, 1.165) is 4.90 Å². The molecule has 0 unspecified atom stereocenters. The molecule has 6 nitrogen and oxygen atoms in total. The SMILES string of the molecule is O=C(COc1cc(Cl)ccc1Cl)OCCN1C(=O)c2ccccc2C1=O. The molecule has 0 saturated carbocycles. The lowest BCUT2D eigenvalue weighted by Gasteiger charge is -2.14. The standard InChI is InChI=1S/C18H13Cl2NO5/c19-11-5-6-14(20)15(9-11)26-10-16(22)25-8-7-21-17(23)12-3-1-2-4-13(12)18(21)24/h1-6,9H,7-8,10H2. The van der Waals surface area contributed by atoms with E-state index in [9.17, 15) is 14.4 Å². The van der Waals surface area contributed by atoms with Crippen LogP contribution in [0.4, 0.5) is 0 Å². The number of carbonyl (C=O) groups excluding carboxylic acids is 3. The molecule has 134 valence electrons. The maximum absolute atomic E-state index is 12.2. The van der Waals surface area contributed by atoms with E-state index in [1.807, 2.05) is 0 Å². The maximum Gasteiger partial charge on any atom is 0.344 e. The van der Waals surface area contributed by atoms with Gasteiger partial charge in [-0.3, -0.25) is 14.5 Å². The Balaban J connectivity index is 1.48. The molecular weight excluding hydrogens is 381 g/mol. The molecule has 2 aromatic rings.